The van der Waals surface area contributed by atoms with Gasteiger partial charge in [-0.25, -0.2) is 0 Å². The van der Waals surface area contributed by atoms with E-state index in [9.17, 15) is 61.5 Å². The van der Waals surface area contributed by atoms with Crippen molar-refractivity contribution in [3.8, 4) is 57.1 Å². The van der Waals surface area contributed by atoms with Gasteiger partial charge in [-0.3, -0.25) is 9.59 Å². The largest absolute Gasteiger partial charge is 0.508 e. The Labute approximate surface area is 268 Å². The third-order valence-electron chi connectivity index (χ3n) is 7.01. The molecular formula is C33H20F6O10. The summed E-state index contributed by atoms with van der Waals surface area (Å²) in [4.78, 5) is 24.7. The minimum Gasteiger partial charge on any atom is -0.508 e. The molecule has 16 heteroatoms. The van der Waals surface area contributed by atoms with E-state index >= 15 is 0 Å². The van der Waals surface area contributed by atoms with Gasteiger partial charge in [0.1, 0.15) is 44.9 Å². The summed E-state index contributed by atoms with van der Waals surface area (Å²) in [5.41, 5.74) is -3.57. The van der Waals surface area contributed by atoms with Crippen LogP contribution in [0.25, 0.3) is 44.6 Å². The Balaban J connectivity index is 0.000000191. The number of rotatable bonds is 3. The maximum absolute atomic E-state index is 12.7. The molecule has 0 bridgehead atoms. The molecule has 6 aromatic rings. The van der Waals surface area contributed by atoms with Crippen molar-refractivity contribution in [3.63, 3.8) is 0 Å². The van der Waals surface area contributed by atoms with Gasteiger partial charge in [-0.1, -0.05) is 24.3 Å². The van der Waals surface area contributed by atoms with E-state index < -0.39 is 51.6 Å². The van der Waals surface area contributed by atoms with E-state index in [1.807, 2.05) is 0 Å². The van der Waals surface area contributed by atoms with Crippen LogP contribution in [0, 0.1) is 0 Å². The number of phenolic OH excluding ortho intramolecular Hbond substituents is 4. The summed E-state index contributed by atoms with van der Waals surface area (Å²) < 4.78 is 91.6. The van der Waals surface area contributed by atoms with Gasteiger partial charge in [0.05, 0.1) is 18.2 Å². The van der Waals surface area contributed by atoms with Crippen LogP contribution in [-0.2, 0) is 12.4 Å². The Kier molecular flexibility index (Phi) is 8.59. The van der Waals surface area contributed by atoms with Crippen LogP contribution in [0.1, 0.15) is 11.1 Å². The summed E-state index contributed by atoms with van der Waals surface area (Å²) in [6.45, 7) is 0. The molecule has 4 aromatic carbocycles. The Hall–Kier alpha value is -6.32. The fourth-order valence-corrected chi connectivity index (χ4v) is 4.74. The third-order valence-corrected chi connectivity index (χ3v) is 7.01. The highest BCUT2D eigenvalue weighted by Crippen LogP contribution is 2.38. The molecule has 49 heavy (non-hydrogen) atoms. The number of fused-ring (bicyclic) bond motifs is 2. The lowest BCUT2D eigenvalue weighted by Crippen LogP contribution is -2.08. The van der Waals surface area contributed by atoms with Crippen LogP contribution in [0.2, 0.25) is 0 Å². The lowest BCUT2D eigenvalue weighted by molar-refractivity contribution is -0.138. The number of hydrogen-bond donors (Lipinski definition) is 5. The van der Waals surface area contributed by atoms with Crippen molar-refractivity contribution in [3.05, 3.63) is 104 Å². The molecule has 6 rings (SSSR count). The van der Waals surface area contributed by atoms with Crippen LogP contribution in [0.4, 0.5) is 26.3 Å². The highest BCUT2D eigenvalue weighted by Gasteiger charge is 2.31. The lowest BCUT2D eigenvalue weighted by atomic mass is 10.1. The standard InChI is InChI=1S/C17H11F3O5.C16H9F3O5/c1-24-16-14(23)13-11(22)6-10(21)7-12(13)25-15(16)8-2-4-9(5-3-8)17(18,19)20;17-16(18,19)8-3-1-7(2-4-8)15-14(23)13(22)12-10(21)5-9(20)6-11(12)24-15/h2-7,21-22H,1H3;1-6,20-21,23H. The highest BCUT2D eigenvalue weighted by molar-refractivity contribution is 5.89. The third kappa shape index (κ3) is 6.60. The number of methoxy groups -OCH3 is 1. The van der Waals surface area contributed by atoms with E-state index in [1.54, 1.807) is 0 Å². The average Bonchev–Trinajstić information content (AvgIpc) is 3.01. The van der Waals surface area contributed by atoms with E-state index in [0.29, 0.717) is 0 Å². The molecule has 0 amide bonds. The molecule has 0 aliphatic heterocycles. The van der Waals surface area contributed by atoms with E-state index in [1.165, 1.54) is 7.11 Å². The quantitative estimate of drug-likeness (QED) is 0.117. The highest BCUT2D eigenvalue weighted by atomic mass is 19.4. The number of hydrogen-bond acceptors (Lipinski definition) is 10. The smallest absolute Gasteiger partial charge is 0.416 e. The number of ether oxygens (including phenoxy) is 1. The number of aromatic hydroxyl groups is 5. The first kappa shape index (κ1) is 34.0. The maximum atomic E-state index is 12.7. The molecule has 0 spiro atoms. The molecule has 2 heterocycles. The molecular weight excluding hydrogens is 670 g/mol. The Bertz CT molecular complexity index is 2320. The van der Waals surface area contributed by atoms with Crippen LogP contribution in [0.15, 0.2) is 91.2 Å². The molecule has 5 N–H and O–H groups in total. The van der Waals surface area contributed by atoms with Gasteiger partial charge in [-0.05, 0) is 24.3 Å². The minimum atomic E-state index is -4.53. The minimum absolute atomic E-state index is 0.0299. The number of alkyl halides is 6. The summed E-state index contributed by atoms with van der Waals surface area (Å²) in [6, 6.07) is 11.6. The summed E-state index contributed by atoms with van der Waals surface area (Å²) in [5.74, 6) is -3.42. The summed E-state index contributed by atoms with van der Waals surface area (Å²) in [5, 5.41) is 47.9. The van der Waals surface area contributed by atoms with Crippen LogP contribution >= 0.6 is 0 Å². The summed E-state index contributed by atoms with van der Waals surface area (Å²) in [6.07, 6.45) is -9.02. The molecule has 0 aliphatic carbocycles. The van der Waals surface area contributed by atoms with Gasteiger partial charge in [0, 0.05) is 35.4 Å². The van der Waals surface area contributed by atoms with Gasteiger partial charge < -0.3 is 39.1 Å². The van der Waals surface area contributed by atoms with Gasteiger partial charge >= 0.3 is 12.4 Å². The van der Waals surface area contributed by atoms with Crippen LogP contribution in [-0.4, -0.2) is 32.6 Å². The van der Waals surface area contributed by atoms with Crippen molar-refractivity contribution in [2.24, 2.45) is 0 Å². The van der Waals surface area contributed by atoms with E-state index in [-0.39, 0.29) is 61.8 Å². The average molecular weight is 691 g/mol. The van der Waals surface area contributed by atoms with Crippen LogP contribution < -0.4 is 15.6 Å². The topological polar surface area (TPSA) is 171 Å². The van der Waals surface area contributed by atoms with Crippen molar-refractivity contribution in [2.75, 3.05) is 7.11 Å². The molecule has 0 radical (unpaired) electrons. The molecule has 0 saturated carbocycles. The Morgan fingerprint density at radius 1 is 0.571 bits per heavy atom. The molecule has 0 saturated heterocycles. The van der Waals surface area contributed by atoms with Crippen molar-refractivity contribution < 1.29 is 65.4 Å². The first-order valence-corrected chi connectivity index (χ1v) is 13.5. The number of benzene rings is 4. The molecule has 0 aliphatic rings. The van der Waals surface area contributed by atoms with Crippen molar-refractivity contribution in [1.82, 2.24) is 0 Å². The maximum Gasteiger partial charge on any atom is 0.416 e. The normalized spacial score (nSPS) is 11.7. The Morgan fingerprint density at radius 3 is 1.37 bits per heavy atom. The van der Waals surface area contributed by atoms with E-state index in [2.05, 4.69) is 0 Å². The molecule has 0 atom stereocenters. The van der Waals surface area contributed by atoms with Crippen LogP contribution in [0.5, 0.6) is 34.5 Å². The van der Waals surface area contributed by atoms with E-state index in [0.717, 1.165) is 72.8 Å². The predicted molar refractivity (Wildman–Crippen MR) is 161 cm³/mol. The molecule has 10 nitrogen and oxygen atoms in total. The lowest BCUT2D eigenvalue weighted by Gasteiger charge is -2.11. The predicted octanol–water partition coefficient (Wildman–Crippen LogP) is 7.49. The molecule has 2 aromatic heterocycles. The van der Waals surface area contributed by atoms with Crippen molar-refractivity contribution in [1.29, 1.82) is 0 Å². The van der Waals surface area contributed by atoms with Gasteiger partial charge in [0.15, 0.2) is 11.5 Å². The Morgan fingerprint density at radius 2 is 0.959 bits per heavy atom. The van der Waals surface area contributed by atoms with Gasteiger partial charge in [-0.2, -0.15) is 26.3 Å². The second-order valence-electron chi connectivity index (χ2n) is 10.2. The zero-order chi connectivity index (χ0) is 36.0. The SMILES string of the molecule is COc1c(-c2ccc(C(F)(F)F)cc2)oc2cc(O)cc(O)c2c1=O.O=c1c(O)c(-c2ccc(C(F)(F)F)cc2)oc2cc(O)cc(O)c12. The fourth-order valence-electron chi connectivity index (χ4n) is 4.74. The van der Waals surface area contributed by atoms with Gasteiger partial charge in [0.25, 0.3) is 0 Å². The van der Waals surface area contributed by atoms with E-state index in [4.69, 9.17) is 13.6 Å². The second-order valence-corrected chi connectivity index (χ2v) is 10.2. The molecule has 0 fully saturated rings. The summed E-state index contributed by atoms with van der Waals surface area (Å²) in [7, 11) is 1.20. The first-order valence-electron chi connectivity index (χ1n) is 13.5. The zero-order valence-electron chi connectivity index (χ0n) is 24.5. The van der Waals surface area contributed by atoms with Crippen molar-refractivity contribution >= 4 is 21.9 Å². The zero-order valence-corrected chi connectivity index (χ0v) is 24.5. The molecule has 0 unspecified atom stereocenters. The fraction of sp³-hybridized carbons (Fsp3) is 0.0909. The summed E-state index contributed by atoms with van der Waals surface area (Å²) >= 11 is 0. The first-order chi connectivity index (χ1) is 22.9. The second kappa shape index (κ2) is 12.4. The number of halogens is 6. The van der Waals surface area contributed by atoms with Crippen LogP contribution in [0.3, 0.4) is 0 Å². The monoisotopic (exact) mass is 690 g/mol. The van der Waals surface area contributed by atoms with Crippen molar-refractivity contribution in [2.45, 2.75) is 12.4 Å². The van der Waals surface area contributed by atoms with Gasteiger partial charge in [0.2, 0.25) is 22.4 Å². The number of phenols is 4. The van der Waals surface area contributed by atoms with Gasteiger partial charge in [-0.15, -0.1) is 0 Å². The molecule has 254 valence electrons.